The predicted molar refractivity (Wildman–Crippen MR) is 423 cm³/mol. The van der Waals surface area contributed by atoms with Gasteiger partial charge in [0.05, 0.1) is 50.1 Å². The number of nitriles is 4. The average molecular weight is 1400 g/mol. The number of para-hydroxylation sites is 2. The third-order valence-corrected chi connectivity index (χ3v) is 21.0. The van der Waals surface area contributed by atoms with Crippen LogP contribution < -0.4 is 4.90 Å². The molecule has 2 spiro atoms. The van der Waals surface area contributed by atoms with Crippen molar-refractivity contribution in [3.63, 3.8) is 0 Å². The monoisotopic (exact) mass is 1400 g/mol. The first-order valence-corrected chi connectivity index (χ1v) is 35.7. The third-order valence-electron chi connectivity index (χ3n) is 21.0. The molecule has 0 N–H and O–H groups in total. The Labute approximate surface area is 629 Å². The summed E-state index contributed by atoms with van der Waals surface area (Å²) < 4.78 is 14.2. The number of aromatic nitrogens is 6. The van der Waals surface area contributed by atoms with Crippen LogP contribution in [0.4, 0.5) is 21.5 Å². The summed E-state index contributed by atoms with van der Waals surface area (Å²) in [5.74, 6) is 1.67. The fraction of sp³-hybridized carbons (Fsp3) is 0.0309. The maximum absolute atomic E-state index is 14.2. The van der Waals surface area contributed by atoms with Crippen LogP contribution in [0.15, 0.2) is 340 Å². The second kappa shape index (κ2) is 27.4. The molecule has 1 aliphatic heterocycles. The van der Waals surface area contributed by atoms with Gasteiger partial charge in [0.15, 0.2) is 40.8 Å². The molecule has 0 unspecified atom stereocenters. The number of nitrogens with zero attached hydrogens (tertiary/aromatic N) is 11. The van der Waals surface area contributed by atoms with Crippen LogP contribution in [-0.4, -0.2) is 29.9 Å². The van der Waals surface area contributed by atoms with E-state index in [4.69, 9.17) is 15.0 Å². The van der Waals surface area contributed by atoms with E-state index >= 15 is 0 Å². The molecule has 0 fully saturated rings. The van der Waals surface area contributed by atoms with Crippen molar-refractivity contribution in [2.45, 2.75) is 17.3 Å². The maximum atomic E-state index is 14.2. The molecule has 0 bridgehead atoms. The third kappa shape index (κ3) is 10.9. The summed E-state index contributed by atoms with van der Waals surface area (Å²) in [7, 11) is 0. The first-order chi connectivity index (χ1) is 53.8. The minimum Gasteiger partial charge on any atom is -0.307 e. The van der Waals surface area contributed by atoms with E-state index in [1.165, 1.54) is 78.9 Å². The summed E-state index contributed by atoms with van der Waals surface area (Å²) in [5, 5.41) is 40.3. The van der Waals surface area contributed by atoms with Gasteiger partial charge in [-0.1, -0.05) is 303 Å². The molecule has 3 heterocycles. The Balaban J connectivity index is 0.000000127. The summed E-state index contributed by atoms with van der Waals surface area (Å²) in [6.07, 6.45) is 1.01. The van der Waals surface area contributed by atoms with Crippen molar-refractivity contribution in [1.29, 1.82) is 21.0 Å². The van der Waals surface area contributed by atoms with Crippen LogP contribution in [0.1, 0.15) is 77.9 Å². The highest BCUT2D eigenvalue weighted by Crippen LogP contribution is 2.64. The predicted octanol–water partition coefficient (Wildman–Crippen LogP) is 21.5. The van der Waals surface area contributed by atoms with Crippen molar-refractivity contribution in [2.24, 2.45) is 0 Å². The summed E-state index contributed by atoms with van der Waals surface area (Å²) in [4.78, 5) is 30.3. The van der Waals surface area contributed by atoms with Crippen LogP contribution in [0.3, 0.4) is 0 Å². The SMILES string of the molecule is N#Cc1cc(-c2nc(-c3ccccc3)nc(-c3ccccc3)n2)cc(C#N)c1F.N#Cc1cc(-c2nc(-c3ccccc3)nc(-c3ccccc3)n2)cc(C#N)c1N1c2ccccc2C2(c3ccccc3-c3ccccc32)c2ccccc21.c1ccc2c(c1)Cc1ccccc1C21c2ccccc2-c2ccccc21. The highest BCUT2D eigenvalue weighted by molar-refractivity contribution is 5.98. The Morgan fingerprint density at radius 1 is 0.257 bits per heavy atom. The van der Waals surface area contributed by atoms with Gasteiger partial charge in [0.2, 0.25) is 0 Å². The smallest absolute Gasteiger partial charge is 0.164 e. The van der Waals surface area contributed by atoms with Gasteiger partial charge in [0.1, 0.15) is 24.3 Å². The van der Waals surface area contributed by atoms with Crippen LogP contribution in [0.2, 0.25) is 0 Å². The van der Waals surface area contributed by atoms with Crippen LogP contribution in [0.25, 0.3) is 90.6 Å². The lowest BCUT2D eigenvalue weighted by atomic mass is 9.61. The fourth-order valence-electron chi connectivity index (χ4n) is 16.5. The average Bonchev–Trinajstić information content (AvgIpc) is 1.56. The molecule has 14 aromatic carbocycles. The molecule has 508 valence electrons. The number of hydrogen-bond donors (Lipinski definition) is 0. The highest BCUT2D eigenvalue weighted by atomic mass is 19.1. The van der Waals surface area contributed by atoms with Crippen molar-refractivity contribution < 1.29 is 4.39 Å². The summed E-state index contributed by atoms with van der Waals surface area (Å²) in [6.45, 7) is 0. The number of anilines is 3. The number of rotatable bonds is 7. The standard InChI is InChI=1S/C48H28N6.C26H18.C23H12FN5/c49-29-34-27-33(47-52-45(31-15-3-1-4-16-31)51-46(53-47)32-17-5-2-6-18-32)28-35(30-50)44(34)54-42-25-13-11-23-40(42)48(41-24-12-14-26-43(41)54)38-21-9-7-19-36(38)37-20-8-10-22-39(37)48;1-5-13-22-18(9-1)17-19-10-2-6-14-23(19)26(22)24-15-7-3-11-20(24)21-12-4-8-16-25(21)26;24-20-18(13-25)11-17(12-19(20)14-26)23-28-21(15-7-3-1-4-8-15)27-22(29-23)16-9-5-2-6-10-16/h1-28H;1-16H,17H2;1-12H. The highest BCUT2D eigenvalue weighted by Gasteiger charge is 2.53. The van der Waals surface area contributed by atoms with Gasteiger partial charge < -0.3 is 4.90 Å². The topological polar surface area (TPSA) is 176 Å². The molecule has 3 aliphatic carbocycles. The first kappa shape index (κ1) is 65.8. The Kier molecular flexibility index (Phi) is 16.6. The zero-order valence-electron chi connectivity index (χ0n) is 58.3. The van der Waals surface area contributed by atoms with Crippen LogP contribution in [0.5, 0.6) is 0 Å². The van der Waals surface area contributed by atoms with Crippen molar-refractivity contribution in [1.82, 2.24) is 29.9 Å². The molecule has 0 amide bonds. The van der Waals surface area contributed by atoms with Crippen LogP contribution in [0, 0.1) is 51.1 Å². The Bertz CT molecular complexity index is 6120. The lowest BCUT2D eigenvalue weighted by Gasteiger charge is -2.45. The van der Waals surface area contributed by atoms with Gasteiger partial charge >= 0.3 is 0 Å². The van der Waals surface area contributed by atoms with E-state index in [0.29, 0.717) is 57.1 Å². The molecule has 0 atom stereocenters. The fourth-order valence-corrected chi connectivity index (χ4v) is 16.5. The zero-order chi connectivity index (χ0) is 73.6. The molecule has 12 heteroatoms. The minimum absolute atomic E-state index is 0.196. The quantitative estimate of drug-likeness (QED) is 0.148. The van der Waals surface area contributed by atoms with Gasteiger partial charge in [-0.3, -0.25) is 0 Å². The van der Waals surface area contributed by atoms with Gasteiger partial charge in [0, 0.05) is 33.4 Å². The van der Waals surface area contributed by atoms with E-state index in [1.807, 2.05) is 133 Å². The van der Waals surface area contributed by atoms with Crippen molar-refractivity contribution in [3.8, 4) is 115 Å². The second-order valence-corrected chi connectivity index (χ2v) is 26.9. The largest absolute Gasteiger partial charge is 0.307 e. The first-order valence-electron chi connectivity index (χ1n) is 35.7. The number of hydrogen-bond acceptors (Lipinski definition) is 11. The molecule has 16 aromatic rings. The van der Waals surface area contributed by atoms with E-state index in [1.54, 1.807) is 24.3 Å². The summed E-state index contributed by atoms with van der Waals surface area (Å²) >= 11 is 0. The van der Waals surface area contributed by atoms with Crippen molar-refractivity contribution in [2.75, 3.05) is 4.90 Å². The van der Waals surface area contributed by atoms with E-state index < -0.39 is 11.2 Å². The molecular weight excluding hydrogens is 1340 g/mol. The molecule has 0 radical (unpaired) electrons. The Morgan fingerprint density at radius 2 is 0.495 bits per heavy atom. The van der Waals surface area contributed by atoms with Crippen LogP contribution >= 0.6 is 0 Å². The molecule has 0 saturated heterocycles. The Hall–Kier alpha value is -15.2. The molecule has 20 rings (SSSR count). The number of benzene rings is 14. The summed E-state index contributed by atoms with van der Waals surface area (Å²) in [5.41, 5.74) is 24.2. The molecule has 4 aliphatic rings. The van der Waals surface area contributed by atoms with Gasteiger partial charge in [0.25, 0.3) is 0 Å². The normalized spacial score (nSPS) is 12.7. The lowest BCUT2D eigenvalue weighted by molar-refractivity contribution is 0.620. The van der Waals surface area contributed by atoms with E-state index in [0.717, 1.165) is 51.2 Å². The summed E-state index contributed by atoms with van der Waals surface area (Å²) in [6, 6.07) is 123. The molecule has 2 aromatic heterocycles. The molecule has 109 heavy (non-hydrogen) atoms. The number of fused-ring (bicyclic) bond motifs is 18. The van der Waals surface area contributed by atoms with Crippen molar-refractivity contribution in [3.05, 3.63) is 423 Å². The maximum Gasteiger partial charge on any atom is 0.164 e. The number of halogens is 1. The molecule has 0 saturated carbocycles. The van der Waals surface area contributed by atoms with E-state index in [-0.39, 0.29) is 22.4 Å². The van der Waals surface area contributed by atoms with Gasteiger partial charge in [-0.05, 0) is 121 Å². The molecular formula is C97H58FN11. The van der Waals surface area contributed by atoms with Crippen molar-refractivity contribution >= 4 is 17.1 Å². The van der Waals surface area contributed by atoms with Gasteiger partial charge in [-0.25, -0.2) is 34.3 Å². The minimum atomic E-state index is -0.848. The van der Waals surface area contributed by atoms with Gasteiger partial charge in [-0.15, -0.1) is 0 Å². The lowest BCUT2D eigenvalue weighted by Crippen LogP contribution is -2.36. The molecule has 11 nitrogen and oxygen atoms in total. The van der Waals surface area contributed by atoms with Crippen LogP contribution in [-0.2, 0) is 17.3 Å². The zero-order valence-corrected chi connectivity index (χ0v) is 58.3. The van der Waals surface area contributed by atoms with E-state index in [9.17, 15) is 25.4 Å². The van der Waals surface area contributed by atoms with Gasteiger partial charge in [-0.2, -0.15) is 21.0 Å². The second-order valence-electron chi connectivity index (χ2n) is 26.9. The van der Waals surface area contributed by atoms with E-state index in [2.05, 4.69) is 214 Å². The Morgan fingerprint density at radius 3 is 0.807 bits per heavy atom.